The Kier molecular flexibility index (Phi) is 4.89. The maximum atomic E-state index is 13.2. The number of rotatable bonds is 5. The van der Waals surface area contributed by atoms with Crippen molar-refractivity contribution in [1.82, 2.24) is 9.97 Å². The molecular formula is C13H14FIN6. The fourth-order valence-corrected chi connectivity index (χ4v) is 2.28. The minimum Gasteiger partial charge on any atom is -0.388 e. The van der Waals surface area contributed by atoms with Crippen molar-refractivity contribution in [2.45, 2.75) is 0 Å². The molecule has 0 atom stereocenters. The van der Waals surface area contributed by atoms with Gasteiger partial charge in [-0.15, -0.1) is 0 Å². The molecule has 8 heteroatoms. The Morgan fingerprint density at radius 2 is 2.05 bits per heavy atom. The maximum Gasteiger partial charge on any atom is 0.229 e. The zero-order valence-electron chi connectivity index (χ0n) is 11.5. The molecule has 0 aliphatic carbocycles. The molecule has 4 N–H and O–H groups in total. The van der Waals surface area contributed by atoms with Crippen molar-refractivity contribution in [1.29, 1.82) is 5.41 Å². The topological polar surface area (TPSA) is 85.7 Å². The fraction of sp³-hybridized carbons (Fsp3) is 0.154. The van der Waals surface area contributed by atoms with Gasteiger partial charge in [0.25, 0.3) is 0 Å². The second-order valence-electron chi connectivity index (χ2n) is 4.09. The van der Waals surface area contributed by atoms with Gasteiger partial charge in [0.05, 0.1) is 9.13 Å². The van der Waals surface area contributed by atoms with Gasteiger partial charge in [0.1, 0.15) is 5.82 Å². The largest absolute Gasteiger partial charge is 0.388 e. The summed E-state index contributed by atoms with van der Waals surface area (Å²) in [5, 5.41) is 16.0. The van der Waals surface area contributed by atoms with Crippen LogP contribution in [0.15, 0.2) is 24.4 Å². The lowest BCUT2D eigenvalue weighted by Gasteiger charge is -2.11. The molecular weight excluding hydrogens is 386 g/mol. The van der Waals surface area contributed by atoms with Crippen molar-refractivity contribution in [2.24, 2.45) is 0 Å². The first kappa shape index (κ1) is 15.4. The number of nitrogens with one attached hydrogen (secondary N) is 4. The lowest BCUT2D eigenvalue weighted by molar-refractivity contribution is 0.798. The van der Waals surface area contributed by atoms with Crippen LogP contribution >= 0.6 is 22.6 Å². The van der Waals surface area contributed by atoms with Crippen LogP contribution in [0.2, 0.25) is 0 Å². The van der Waals surface area contributed by atoms with E-state index in [1.54, 1.807) is 32.4 Å². The van der Waals surface area contributed by atoms with Gasteiger partial charge in [-0.25, -0.2) is 4.98 Å². The molecule has 2 aromatic rings. The average molecular weight is 400 g/mol. The first-order valence-electron chi connectivity index (χ1n) is 6.08. The maximum absolute atomic E-state index is 13.2. The highest BCUT2D eigenvalue weighted by Gasteiger charge is 2.09. The molecule has 0 aliphatic heterocycles. The smallest absolute Gasteiger partial charge is 0.229 e. The third kappa shape index (κ3) is 3.57. The monoisotopic (exact) mass is 400 g/mol. The molecule has 1 aromatic heterocycles. The summed E-state index contributed by atoms with van der Waals surface area (Å²) >= 11 is 2.13. The predicted molar refractivity (Wildman–Crippen MR) is 91.5 cm³/mol. The van der Waals surface area contributed by atoms with Crippen LogP contribution < -0.4 is 16.0 Å². The van der Waals surface area contributed by atoms with E-state index in [1.165, 1.54) is 6.07 Å². The molecule has 0 spiro atoms. The summed E-state index contributed by atoms with van der Waals surface area (Å²) in [6.45, 7) is 0. The highest BCUT2D eigenvalue weighted by molar-refractivity contribution is 14.1. The summed E-state index contributed by atoms with van der Waals surface area (Å²) < 4.78 is 14.1. The van der Waals surface area contributed by atoms with Crippen LogP contribution in [-0.2, 0) is 0 Å². The van der Waals surface area contributed by atoms with Crippen LogP contribution in [0.25, 0.3) is 0 Å². The Hall–Kier alpha value is -1.97. The van der Waals surface area contributed by atoms with Crippen LogP contribution in [0.4, 0.5) is 27.5 Å². The molecule has 0 radical (unpaired) electrons. The molecule has 0 amide bonds. The Balaban J connectivity index is 2.31. The quantitative estimate of drug-likeness (QED) is 0.458. The van der Waals surface area contributed by atoms with E-state index in [9.17, 15) is 4.39 Å². The van der Waals surface area contributed by atoms with Crippen LogP contribution in [0.3, 0.4) is 0 Å². The summed E-state index contributed by atoms with van der Waals surface area (Å²) in [5.41, 5.74) is 1.34. The van der Waals surface area contributed by atoms with Crippen molar-refractivity contribution >= 4 is 51.7 Å². The first-order valence-corrected chi connectivity index (χ1v) is 7.16. The van der Waals surface area contributed by atoms with E-state index in [0.717, 1.165) is 3.57 Å². The van der Waals surface area contributed by atoms with Crippen molar-refractivity contribution in [2.75, 3.05) is 30.0 Å². The van der Waals surface area contributed by atoms with Crippen LogP contribution in [0.1, 0.15) is 5.56 Å². The van der Waals surface area contributed by atoms with Crippen molar-refractivity contribution < 1.29 is 4.39 Å². The lowest BCUT2D eigenvalue weighted by atomic mass is 10.1. The van der Waals surface area contributed by atoms with Gasteiger partial charge < -0.3 is 16.0 Å². The van der Waals surface area contributed by atoms with E-state index < -0.39 is 5.97 Å². The van der Waals surface area contributed by atoms with Gasteiger partial charge >= 0.3 is 0 Å². The van der Waals surface area contributed by atoms with Crippen molar-refractivity contribution in [3.63, 3.8) is 0 Å². The molecule has 0 bridgehead atoms. The lowest BCUT2D eigenvalue weighted by Crippen LogP contribution is -2.04. The molecule has 0 fully saturated rings. The highest BCUT2D eigenvalue weighted by atomic mass is 127. The second-order valence-corrected chi connectivity index (χ2v) is 5.25. The van der Waals surface area contributed by atoms with E-state index in [2.05, 4.69) is 48.5 Å². The molecule has 1 aromatic carbocycles. The molecule has 0 unspecified atom stereocenters. The number of benzene rings is 1. The van der Waals surface area contributed by atoms with E-state index in [1.807, 2.05) is 0 Å². The number of aromatic nitrogens is 2. The normalized spacial score (nSPS) is 10.1. The minimum atomic E-state index is -0.998. The molecule has 6 nitrogen and oxygen atoms in total. The van der Waals surface area contributed by atoms with E-state index in [4.69, 9.17) is 5.41 Å². The van der Waals surface area contributed by atoms with Gasteiger partial charge in [0, 0.05) is 31.7 Å². The molecule has 0 aliphatic rings. The van der Waals surface area contributed by atoms with Crippen molar-refractivity contribution in [3.8, 4) is 0 Å². The van der Waals surface area contributed by atoms with Gasteiger partial charge in [0.2, 0.25) is 11.9 Å². The summed E-state index contributed by atoms with van der Waals surface area (Å²) in [7, 11) is 3.45. The van der Waals surface area contributed by atoms with Gasteiger partial charge in [-0.05, 0) is 40.8 Å². The number of halogens is 2. The van der Waals surface area contributed by atoms with Crippen LogP contribution in [0, 0.1) is 8.98 Å². The average Bonchev–Trinajstić information content (AvgIpc) is 2.49. The Morgan fingerprint density at radius 3 is 2.67 bits per heavy atom. The Morgan fingerprint density at radius 1 is 1.29 bits per heavy atom. The fourth-order valence-electron chi connectivity index (χ4n) is 1.75. The first-order chi connectivity index (χ1) is 10.0. The van der Waals surface area contributed by atoms with E-state index >= 15 is 0 Å². The zero-order chi connectivity index (χ0) is 15.4. The Bertz CT molecular complexity index is 676. The summed E-state index contributed by atoms with van der Waals surface area (Å²) in [6, 6.07) is 4.99. The van der Waals surface area contributed by atoms with E-state index in [0.29, 0.717) is 23.1 Å². The molecule has 21 heavy (non-hydrogen) atoms. The standard InChI is InChI=1S/C13H14FIN6/c1-17-10-4-3-7(5-8(10)11(14)16)20-13-19-6-9(15)12(18-2)21-13/h3-6,16-17H,1-2H3,(H2,18,19,20,21). The molecule has 2 rings (SSSR count). The number of hydrogen-bond donors (Lipinski definition) is 4. The van der Waals surface area contributed by atoms with Crippen LogP contribution in [-0.4, -0.2) is 30.0 Å². The predicted octanol–water partition coefficient (Wildman–Crippen LogP) is 3.20. The summed E-state index contributed by atoms with van der Waals surface area (Å²) in [4.78, 5) is 8.47. The third-order valence-electron chi connectivity index (χ3n) is 2.76. The molecule has 110 valence electrons. The van der Waals surface area contributed by atoms with Gasteiger partial charge in [-0.2, -0.15) is 9.37 Å². The molecule has 0 saturated heterocycles. The zero-order valence-corrected chi connectivity index (χ0v) is 13.6. The van der Waals surface area contributed by atoms with Gasteiger partial charge in [-0.1, -0.05) is 0 Å². The highest BCUT2D eigenvalue weighted by Crippen LogP contribution is 2.24. The van der Waals surface area contributed by atoms with Gasteiger partial charge in [-0.3, -0.25) is 5.41 Å². The molecule has 0 saturated carbocycles. The van der Waals surface area contributed by atoms with Crippen LogP contribution in [0.5, 0.6) is 0 Å². The number of nitrogens with zero attached hydrogens (tertiary/aromatic N) is 2. The number of anilines is 4. The second kappa shape index (κ2) is 6.66. The van der Waals surface area contributed by atoms with Crippen molar-refractivity contribution in [3.05, 3.63) is 33.5 Å². The summed E-state index contributed by atoms with van der Waals surface area (Å²) in [5.74, 6) is 0.106. The molecule has 1 heterocycles. The Labute approximate surface area is 135 Å². The van der Waals surface area contributed by atoms with E-state index in [-0.39, 0.29) is 5.56 Å². The summed E-state index contributed by atoms with van der Waals surface area (Å²) in [6.07, 6.45) is 1.68. The third-order valence-corrected chi connectivity index (χ3v) is 3.55. The number of hydrogen-bond acceptors (Lipinski definition) is 6. The SMILES string of the molecule is CNc1ccc(Nc2ncc(I)c(NC)n2)cc1C(=N)F. The minimum absolute atomic E-state index is 0.182. The van der Waals surface area contributed by atoms with Gasteiger partial charge in [0.15, 0.2) is 0 Å².